The van der Waals surface area contributed by atoms with E-state index in [2.05, 4.69) is 36.1 Å². The van der Waals surface area contributed by atoms with Crippen molar-refractivity contribution in [2.45, 2.75) is 19.9 Å². The van der Waals surface area contributed by atoms with Gasteiger partial charge in [-0.1, -0.05) is 11.6 Å². The van der Waals surface area contributed by atoms with Gasteiger partial charge in [0.2, 0.25) is 5.82 Å². The number of carbonyl (C=O) groups excluding carboxylic acids is 2. The predicted octanol–water partition coefficient (Wildman–Crippen LogP) is 2.58. The number of amides is 2. The van der Waals surface area contributed by atoms with E-state index in [9.17, 15) is 23.6 Å². The molecule has 0 aliphatic heterocycles. The zero-order valence-electron chi connectivity index (χ0n) is 19.9. The first kappa shape index (κ1) is 26.8. The van der Waals surface area contributed by atoms with Crippen molar-refractivity contribution in [2.24, 2.45) is 0 Å². The fourth-order valence-corrected chi connectivity index (χ4v) is 3.71. The average molecular weight is 552 g/mol. The molecule has 0 bridgehead atoms. The van der Waals surface area contributed by atoms with Crippen LogP contribution in [0.4, 0.5) is 14.5 Å². The molecule has 0 aliphatic carbocycles. The molecule has 0 saturated heterocycles. The second kappa shape index (κ2) is 11.4. The Bertz CT molecular complexity index is 1650. The molecule has 196 valence electrons. The number of pyridine rings is 1. The lowest BCUT2D eigenvalue weighted by molar-refractivity contribution is 0.0959. The third kappa shape index (κ3) is 5.84. The van der Waals surface area contributed by atoms with Crippen LogP contribution in [-0.2, 0) is 6.54 Å². The number of halogens is 3. The standard InChI is InChI=1S/C23H16ClF2N11O2/c1-12-7-13(10-28)8-15(22(38)30-6-4-27)18(12)31-23(39)17-9-14(11-36-34-20(19(25)26)32-35-36)33-37(17)21-16(24)3-2-5-29-21/h2-3,5,7-9,19H,6,11H2,1H3,(H,30,38)(H,31,39). The van der Waals surface area contributed by atoms with Gasteiger partial charge in [-0.25, -0.2) is 18.4 Å². The van der Waals surface area contributed by atoms with E-state index in [0.717, 1.165) is 9.48 Å². The minimum atomic E-state index is -2.92. The molecule has 2 N–H and O–H groups in total. The zero-order valence-corrected chi connectivity index (χ0v) is 20.7. The van der Waals surface area contributed by atoms with Crippen LogP contribution in [0.3, 0.4) is 0 Å². The molecule has 0 saturated carbocycles. The number of tetrazole rings is 1. The summed E-state index contributed by atoms with van der Waals surface area (Å²) in [6, 6.07) is 10.9. The third-order valence-electron chi connectivity index (χ3n) is 5.17. The molecule has 3 heterocycles. The van der Waals surface area contributed by atoms with Gasteiger partial charge in [0.05, 0.1) is 39.7 Å². The van der Waals surface area contributed by atoms with Crippen molar-refractivity contribution in [1.82, 2.24) is 40.3 Å². The molecule has 3 aromatic heterocycles. The number of benzene rings is 1. The van der Waals surface area contributed by atoms with Gasteiger partial charge >= 0.3 is 6.43 Å². The maximum Gasteiger partial charge on any atom is 0.301 e. The van der Waals surface area contributed by atoms with E-state index in [0.29, 0.717) is 5.56 Å². The van der Waals surface area contributed by atoms with Crippen LogP contribution in [0, 0.1) is 29.6 Å². The Kier molecular flexibility index (Phi) is 7.83. The van der Waals surface area contributed by atoms with Crippen LogP contribution in [0.1, 0.15) is 49.9 Å². The summed E-state index contributed by atoms with van der Waals surface area (Å²) in [5, 5.41) is 38.1. The van der Waals surface area contributed by atoms with Crippen LogP contribution in [0.5, 0.6) is 0 Å². The maximum absolute atomic E-state index is 13.5. The summed E-state index contributed by atoms with van der Waals surface area (Å²) in [6.07, 6.45) is -1.49. The molecule has 0 atom stereocenters. The molecule has 39 heavy (non-hydrogen) atoms. The number of aromatic nitrogens is 7. The van der Waals surface area contributed by atoms with Gasteiger partial charge in [-0.15, -0.1) is 10.2 Å². The highest BCUT2D eigenvalue weighted by Crippen LogP contribution is 2.25. The quantitative estimate of drug-likeness (QED) is 0.311. The smallest absolute Gasteiger partial charge is 0.301 e. The highest BCUT2D eigenvalue weighted by molar-refractivity contribution is 6.32. The number of anilines is 1. The summed E-state index contributed by atoms with van der Waals surface area (Å²) in [7, 11) is 0. The van der Waals surface area contributed by atoms with E-state index < -0.39 is 24.1 Å². The van der Waals surface area contributed by atoms with Crippen molar-refractivity contribution >= 4 is 29.1 Å². The van der Waals surface area contributed by atoms with E-state index in [1.54, 1.807) is 19.1 Å². The second-order valence-corrected chi connectivity index (χ2v) is 8.25. The number of rotatable bonds is 8. The van der Waals surface area contributed by atoms with Crippen LogP contribution in [0.25, 0.3) is 5.82 Å². The molecule has 0 spiro atoms. The number of nitrogens with one attached hydrogen (secondary N) is 2. The predicted molar refractivity (Wildman–Crippen MR) is 130 cm³/mol. The SMILES string of the molecule is Cc1cc(C#N)cc(C(=O)NCC#N)c1NC(=O)c1cc(Cn2nnc(C(F)F)n2)nn1-c1ncccc1Cl. The summed E-state index contributed by atoms with van der Waals surface area (Å²) in [5.74, 6) is -2.09. The fourth-order valence-electron chi connectivity index (χ4n) is 3.51. The second-order valence-electron chi connectivity index (χ2n) is 7.84. The Morgan fingerprint density at radius 2 is 1.97 bits per heavy atom. The van der Waals surface area contributed by atoms with Crippen molar-refractivity contribution in [1.29, 1.82) is 10.5 Å². The number of nitrogens with zero attached hydrogens (tertiary/aromatic N) is 9. The molecule has 0 radical (unpaired) electrons. The van der Waals surface area contributed by atoms with Crippen LogP contribution in [-0.4, -0.2) is 53.3 Å². The highest BCUT2D eigenvalue weighted by Gasteiger charge is 2.24. The lowest BCUT2D eigenvalue weighted by atomic mass is 10.0. The Labute approximate surface area is 223 Å². The van der Waals surface area contributed by atoms with E-state index in [1.165, 1.54) is 30.5 Å². The molecule has 16 heteroatoms. The van der Waals surface area contributed by atoms with Gasteiger partial charge in [0.25, 0.3) is 11.8 Å². The van der Waals surface area contributed by atoms with Gasteiger partial charge in [0.15, 0.2) is 5.82 Å². The molecular formula is C23H16ClF2N11O2. The number of hydrogen-bond donors (Lipinski definition) is 2. The number of alkyl halides is 2. The largest absolute Gasteiger partial charge is 0.339 e. The van der Waals surface area contributed by atoms with E-state index >= 15 is 0 Å². The molecule has 4 rings (SSSR count). The monoisotopic (exact) mass is 551 g/mol. The number of aryl methyl sites for hydroxylation is 1. The minimum absolute atomic E-state index is 0.0383. The molecular weight excluding hydrogens is 536 g/mol. The van der Waals surface area contributed by atoms with Crippen molar-refractivity contribution in [3.63, 3.8) is 0 Å². The van der Waals surface area contributed by atoms with E-state index in [4.69, 9.17) is 16.9 Å². The normalized spacial score (nSPS) is 10.6. The van der Waals surface area contributed by atoms with Crippen LogP contribution in [0.15, 0.2) is 36.5 Å². The fraction of sp³-hybridized carbons (Fsp3) is 0.174. The lowest BCUT2D eigenvalue weighted by Gasteiger charge is -2.15. The highest BCUT2D eigenvalue weighted by atomic mass is 35.5. The first-order valence-electron chi connectivity index (χ1n) is 11.0. The van der Waals surface area contributed by atoms with Gasteiger partial charge in [0, 0.05) is 6.20 Å². The average Bonchev–Trinajstić information content (AvgIpc) is 3.56. The molecule has 0 unspecified atom stereocenters. The van der Waals surface area contributed by atoms with E-state index in [-0.39, 0.29) is 52.1 Å². The number of hydrogen-bond acceptors (Lipinski definition) is 9. The number of carbonyl (C=O) groups is 2. The Morgan fingerprint density at radius 3 is 2.64 bits per heavy atom. The van der Waals surface area contributed by atoms with E-state index in [1.807, 2.05) is 6.07 Å². The molecule has 2 amide bonds. The summed E-state index contributed by atoms with van der Waals surface area (Å²) in [5.41, 5.74) is 0.733. The Morgan fingerprint density at radius 1 is 1.18 bits per heavy atom. The van der Waals surface area contributed by atoms with Crippen molar-refractivity contribution in [3.05, 3.63) is 75.5 Å². The first-order chi connectivity index (χ1) is 18.7. The molecule has 0 fully saturated rings. The van der Waals surface area contributed by atoms with Crippen LogP contribution >= 0.6 is 11.6 Å². The van der Waals surface area contributed by atoms with Crippen LogP contribution < -0.4 is 10.6 Å². The van der Waals surface area contributed by atoms with Crippen molar-refractivity contribution in [2.75, 3.05) is 11.9 Å². The van der Waals surface area contributed by atoms with Gasteiger partial charge in [-0.3, -0.25) is 9.59 Å². The molecule has 1 aromatic carbocycles. The maximum atomic E-state index is 13.5. The van der Waals surface area contributed by atoms with Crippen molar-refractivity contribution in [3.8, 4) is 18.0 Å². The van der Waals surface area contributed by atoms with Crippen LogP contribution in [0.2, 0.25) is 5.02 Å². The van der Waals surface area contributed by atoms with Gasteiger partial charge in [-0.05, 0) is 48.0 Å². The molecule has 13 nitrogen and oxygen atoms in total. The minimum Gasteiger partial charge on any atom is -0.339 e. The summed E-state index contributed by atoms with van der Waals surface area (Å²) in [6.45, 7) is 1.09. The van der Waals surface area contributed by atoms with Crippen molar-refractivity contribution < 1.29 is 18.4 Å². The Balaban J connectivity index is 1.75. The zero-order chi connectivity index (χ0) is 28.1. The first-order valence-corrected chi connectivity index (χ1v) is 11.4. The van der Waals surface area contributed by atoms with Gasteiger partial charge in [-0.2, -0.15) is 20.4 Å². The summed E-state index contributed by atoms with van der Waals surface area (Å²) < 4.78 is 26.9. The van der Waals surface area contributed by atoms with Gasteiger partial charge in [0.1, 0.15) is 18.8 Å². The lowest BCUT2D eigenvalue weighted by Crippen LogP contribution is -2.26. The van der Waals surface area contributed by atoms with Gasteiger partial charge < -0.3 is 10.6 Å². The molecule has 0 aliphatic rings. The summed E-state index contributed by atoms with van der Waals surface area (Å²) >= 11 is 6.29. The Hall–Kier alpha value is -5.28. The summed E-state index contributed by atoms with van der Waals surface area (Å²) in [4.78, 5) is 31.3. The molecule has 4 aromatic rings. The topological polar surface area (TPSA) is 180 Å². The number of nitriles is 2. The third-order valence-corrected chi connectivity index (χ3v) is 5.47.